The Balaban J connectivity index is 0.00000288. The lowest BCUT2D eigenvalue weighted by Gasteiger charge is -2.25. The van der Waals surface area contributed by atoms with Crippen LogP contribution in [0.15, 0.2) is 18.2 Å². The van der Waals surface area contributed by atoms with Crippen LogP contribution in [0.1, 0.15) is 30.1 Å². The second-order valence-corrected chi connectivity index (χ2v) is 6.56. The first-order chi connectivity index (χ1) is 10.9. The maximum atomic E-state index is 12.7. The fourth-order valence-electron chi connectivity index (χ4n) is 2.57. The van der Waals surface area contributed by atoms with Gasteiger partial charge in [0.25, 0.3) is 5.91 Å². The third-order valence-corrected chi connectivity index (χ3v) is 4.62. The molecule has 1 heterocycles. The van der Waals surface area contributed by atoms with Crippen LogP contribution in [0.5, 0.6) is 0 Å². The van der Waals surface area contributed by atoms with E-state index < -0.39 is 6.04 Å². The highest BCUT2D eigenvalue weighted by Crippen LogP contribution is 2.26. The lowest BCUT2D eigenvalue weighted by molar-refractivity contribution is -0.124. The van der Waals surface area contributed by atoms with Gasteiger partial charge in [-0.1, -0.05) is 23.2 Å². The minimum atomic E-state index is -0.457. The van der Waals surface area contributed by atoms with Crippen molar-refractivity contribution in [2.75, 3.05) is 20.1 Å². The van der Waals surface area contributed by atoms with Gasteiger partial charge in [-0.25, -0.2) is 0 Å². The molecule has 2 rings (SSSR count). The molecule has 2 unspecified atom stereocenters. The average Bonchev–Trinajstić information content (AvgIpc) is 3.03. The molecule has 2 N–H and O–H groups in total. The molecule has 0 saturated carbocycles. The van der Waals surface area contributed by atoms with E-state index in [1.54, 1.807) is 23.1 Å². The van der Waals surface area contributed by atoms with E-state index in [2.05, 4.69) is 10.6 Å². The van der Waals surface area contributed by atoms with Gasteiger partial charge in [-0.15, -0.1) is 12.4 Å². The smallest absolute Gasteiger partial charge is 0.256 e. The van der Waals surface area contributed by atoms with Crippen molar-refractivity contribution >= 4 is 47.4 Å². The fourth-order valence-corrected chi connectivity index (χ4v) is 2.94. The zero-order valence-electron chi connectivity index (χ0n) is 13.6. The van der Waals surface area contributed by atoms with Gasteiger partial charge >= 0.3 is 0 Å². The lowest BCUT2D eigenvalue weighted by atomic mass is 10.1. The average molecular weight is 395 g/mol. The van der Waals surface area contributed by atoms with Crippen molar-refractivity contribution in [1.29, 1.82) is 0 Å². The van der Waals surface area contributed by atoms with E-state index in [0.717, 1.165) is 6.42 Å². The minimum Gasteiger partial charge on any atom is -0.353 e. The first kappa shape index (κ1) is 21.0. The van der Waals surface area contributed by atoms with Gasteiger partial charge < -0.3 is 15.5 Å². The summed E-state index contributed by atoms with van der Waals surface area (Å²) >= 11 is 12.1. The van der Waals surface area contributed by atoms with Crippen LogP contribution in [0.4, 0.5) is 0 Å². The van der Waals surface area contributed by atoms with E-state index in [-0.39, 0.29) is 30.3 Å². The summed E-state index contributed by atoms with van der Waals surface area (Å²) in [4.78, 5) is 26.7. The molecule has 1 aromatic carbocycles. The summed E-state index contributed by atoms with van der Waals surface area (Å²) in [6, 6.07) is 4.49. The molecule has 0 bridgehead atoms. The second kappa shape index (κ2) is 9.47. The van der Waals surface area contributed by atoms with E-state index >= 15 is 0 Å². The number of amides is 2. The molecule has 5 nitrogen and oxygen atoms in total. The number of carbonyl (C=O) groups is 2. The quantitative estimate of drug-likeness (QED) is 0.807. The van der Waals surface area contributed by atoms with E-state index in [0.29, 0.717) is 35.1 Å². The first-order valence-electron chi connectivity index (χ1n) is 7.65. The monoisotopic (exact) mass is 393 g/mol. The molecule has 2 atom stereocenters. The maximum Gasteiger partial charge on any atom is 0.256 e. The third kappa shape index (κ3) is 4.99. The molecule has 134 valence electrons. The number of carbonyl (C=O) groups excluding carboxylic acids is 2. The normalized spacial score (nSPS) is 18.0. The standard InChI is InChI=1S/C16H21Cl2N3O2.ClH/c1-10(19-2)9-20-15(22)14-4-3-7-21(14)16(23)12-8-11(17)5-6-13(12)18;/h5-6,8,10,14,19H,3-4,7,9H2,1-2H3,(H,20,22);1H. The van der Waals surface area contributed by atoms with E-state index in [9.17, 15) is 9.59 Å². The van der Waals surface area contributed by atoms with Gasteiger partial charge in [-0.3, -0.25) is 9.59 Å². The highest BCUT2D eigenvalue weighted by molar-refractivity contribution is 6.35. The molecule has 1 saturated heterocycles. The van der Waals surface area contributed by atoms with Gasteiger partial charge in [-0.2, -0.15) is 0 Å². The van der Waals surface area contributed by atoms with E-state index in [1.165, 1.54) is 0 Å². The van der Waals surface area contributed by atoms with Gasteiger partial charge in [0.15, 0.2) is 0 Å². The Morgan fingerprint density at radius 3 is 2.75 bits per heavy atom. The number of nitrogens with one attached hydrogen (secondary N) is 2. The fraction of sp³-hybridized carbons (Fsp3) is 0.500. The molecule has 24 heavy (non-hydrogen) atoms. The summed E-state index contributed by atoms with van der Waals surface area (Å²) in [5.74, 6) is -0.382. The van der Waals surface area contributed by atoms with Crippen LogP contribution in [0, 0.1) is 0 Å². The lowest BCUT2D eigenvalue weighted by Crippen LogP contribution is -2.48. The predicted molar refractivity (Wildman–Crippen MR) is 99.3 cm³/mol. The molecular formula is C16H22Cl3N3O2. The summed E-state index contributed by atoms with van der Waals surface area (Å²) < 4.78 is 0. The topological polar surface area (TPSA) is 61.4 Å². The molecule has 1 aliphatic heterocycles. The number of benzene rings is 1. The van der Waals surface area contributed by atoms with Gasteiger partial charge in [0, 0.05) is 24.2 Å². The molecule has 1 fully saturated rings. The molecule has 2 amide bonds. The van der Waals surface area contributed by atoms with Crippen LogP contribution in [-0.4, -0.2) is 48.9 Å². The Labute approximate surface area is 158 Å². The Kier molecular flexibility index (Phi) is 8.30. The highest BCUT2D eigenvalue weighted by atomic mass is 35.5. The number of likely N-dealkylation sites (N-methyl/N-ethyl adjacent to an activating group) is 1. The largest absolute Gasteiger partial charge is 0.353 e. The van der Waals surface area contributed by atoms with Crippen LogP contribution in [0.3, 0.4) is 0 Å². The Morgan fingerprint density at radius 2 is 2.08 bits per heavy atom. The van der Waals surface area contributed by atoms with Crippen LogP contribution < -0.4 is 10.6 Å². The van der Waals surface area contributed by atoms with Crippen molar-refractivity contribution < 1.29 is 9.59 Å². The van der Waals surface area contributed by atoms with Crippen LogP contribution in [0.2, 0.25) is 10.0 Å². The Hall–Kier alpha value is -1.01. The molecule has 8 heteroatoms. The van der Waals surface area contributed by atoms with Crippen LogP contribution in [0.25, 0.3) is 0 Å². The number of nitrogens with zero attached hydrogens (tertiary/aromatic N) is 1. The molecule has 1 aromatic rings. The predicted octanol–water partition coefficient (Wildman–Crippen LogP) is 2.74. The number of likely N-dealkylation sites (tertiary alicyclic amines) is 1. The summed E-state index contributed by atoms with van der Waals surface area (Å²) in [5.41, 5.74) is 0.336. The summed E-state index contributed by atoms with van der Waals surface area (Å²) in [5, 5.41) is 6.73. The highest BCUT2D eigenvalue weighted by Gasteiger charge is 2.35. The minimum absolute atomic E-state index is 0. The van der Waals surface area contributed by atoms with Gasteiger partial charge in [0.2, 0.25) is 5.91 Å². The summed E-state index contributed by atoms with van der Waals surface area (Å²) in [6.45, 7) is 3.04. The zero-order valence-corrected chi connectivity index (χ0v) is 16.0. The number of hydrogen-bond donors (Lipinski definition) is 2. The van der Waals surface area contributed by atoms with Crippen molar-refractivity contribution in [1.82, 2.24) is 15.5 Å². The number of halogens is 3. The Bertz CT molecular complexity index is 598. The van der Waals surface area contributed by atoms with Crippen molar-refractivity contribution in [2.24, 2.45) is 0 Å². The van der Waals surface area contributed by atoms with E-state index in [4.69, 9.17) is 23.2 Å². The van der Waals surface area contributed by atoms with Gasteiger partial charge in [0.1, 0.15) is 6.04 Å². The molecule has 0 aromatic heterocycles. The van der Waals surface area contributed by atoms with Crippen molar-refractivity contribution in [3.05, 3.63) is 33.8 Å². The molecule has 0 aliphatic carbocycles. The second-order valence-electron chi connectivity index (χ2n) is 5.72. The number of hydrogen-bond acceptors (Lipinski definition) is 3. The molecule has 1 aliphatic rings. The third-order valence-electron chi connectivity index (χ3n) is 4.05. The Morgan fingerprint density at radius 1 is 1.38 bits per heavy atom. The maximum absolute atomic E-state index is 12.7. The molecule has 0 spiro atoms. The van der Waals surface area contributed by atoms with Crippen molar-refractivity contribution in [2.45, 2.75) is 31.8 Å². The van der Waals surface area contributed by atoms with Crippen molar-refractivity contribution in [3.63, 3.8) is 0 Å². The first-order valence-corrected chi connectivity index (χ1v) is 8.40. The number of rotatable bonds is 5. The SMILES string of the molecule is CNC(C)CNC(=O)C1CCCN1C(=O)c1cc(Cl)ccc1Cl.Cl. The van der Waals surface area contributed by atoms with Crippen molar-refractivity contribution in [3.8, 4) is 0 Å². The van der Waals surface area contributed by atoms with Gasteiger partial charge in [-0.05, 0) is 45.0 Å². The van der Waals surface area contributed by atoms with Crippen LogP contribution in [-0.2, 0) is 4.79 Å². The molecular weight excluding hydrogens is 373 g/mol. The summed E-state index contributed by atoms with van der Waals surface area (Å²) in [6.07, 6.45) is 1.45. The van der Waals surface area contributed by atoms with E-state index in [1.807, 2.05) is 14.0 Å². The molecule has 0 radical (unpaired) electrons. The van der Waals surface area contributed by atoms with Gasteiger partial charge in [0.05, 0.1) is 10.6 Å². The van der Waals surface area contributed by atoms with Crippen LogP contribution >= 0.6 is 35.6 Å². The zero-order chi connectivity index (χ0) is 17.0. The summed E-state index contributed by atoms with van der Waals surface area (Å²) in [7, 11) is 1.84.